The van der Waals surface area contributed by atoms with E-state index < -0.39 is 0 Å². The molecule has 3 aromatic carbocycles. The van der Waals surface area contributed by atoms with Gasteiger partial charge in [0.2, 0.25) is 5.91 Å². The number of H-pyrrole nitrogens is 1. The molecular formula is C30H31N3O2. The lowest BCUT2D eigenvalue weighted by molar-refractivity contribution is -0.126. The van der Waals surface area contributed by atoms with Gasteiger partial charge >= 0.3 is 0 Å². The van der Waals surface area contributed by atoms with Crippen molar-refractivity contribution in [3.05, 3.63) is 95.7 Å². The number of aromatic amines is 1. The molecule has 5 rings (SSSR count). The number of rotatable bonds is 6. The summed E-state index contributed by atoms with van der Waals surface area (Å²) in [6, 6.07) is 26.2. The first-order valence-corrected chi connectivity index (χ1v) is 12.4. The fourth-order valence-electron chi connectivity index (χ4n) is 5.08. The number of nitrogens with zero attached hydrogens (tertiary/aromatic N) is 1. The van der Waals surface area contributed by atoms with Crippen LogP contribution in [0.15, 0.2) is 78.9 Å². The van der Waals surface area contributed by atoms with Gasteiger partial charge in [0.15, 0.2) is 0 Å². The van der Waals surface area contributed by atoms with Crippen molar-refractivity contribution in [1.82, 2.24) is 15.2 Å². The summed E-state index contributed by atoms with van der Waals surface area (Å²) in [7, 11) is 0. The van der Waals surface area contributed by atoms with Crippen LogP contribution >= 0.6 is 0 Å². The number of para-hydroxylation sites is 1. The maximum atomic E-state index is 13.0. The van der Waals surface area contributed by atoms with Gasteiger partial charge in [0.25, 0.3) is 5.91 Å². The highest BCUT2D eigenvalue weighted by atomic mass is 16.2. The molecule has 1 saturated heterocycles. The van der Waals surface area contributed by atoms with Crippen molar-refractivity contribution in [3.63, 3.8) is 0 Å². The van der Waals surface area contributed by atoms with Gasteiger partial charge in [-0.1, -0.05) is 60.7 Å². The van der Waals surface area contributed by atoms with Crippen LogP contribution in [-0.2, 0) is 11.2 Å². The van der Waals surface area contributed by atoms with Gasteiger partial charge < -0.3 is 15.2 Å². The van der Waals surface area contributed by atoms with Gasteiger partial charge in [0, 0.05) is 47.7 Å². The summed E-state index contributed by atoms with van der Waals surface area (Å²) in [4.78, 5) is 31.1. The Labute approximate surface area is 206 Å². The molecule has 1 aliphatic heterocycles. The average molecular weight is 466 g/mol. The molecule has 1 fully saturated rings. The predicted molar refractivity (Wildman–Crippen MR) is 140 cm³/mol. The van der Waals surface area contributed by atoms with Crippen LogP contribution in [0.4, 0.5) is 0 Å². The standard InChI is InChI=1S/C30H31N3O2/c1-21-26(27-9-5-6-10-28(27)32-21)15-18-31-29(34)24-16-19-33(20-17-24)30(35)25-13-11-23(12-14-25)22-7-3-2-4-8-22/h2-14,24,32H,15-20H2,1H3,(H,31,34). The van der Waals surface area contributed by atoms with Gasteiger partial charge in [0.1, 0.15) is 0 Å². The number of benzene rings is 3. The molecule has 1 aromatic heterocycles. The third-order valence-corrected chi connectivity index (χ3v) is 7.09. The Balaban J connectivity index is 1.11. The lowest BCUT2D eigenvalue weighted by Gasteiger charge is -2.31. The molecule has 0 aliphatic carbocycles. The minimum Gasteiger partial charge on any atom is -0.358 e. The van der Waals surface area contributed by atoms with Gasteiger partial charge in [0.05, 0.1) is 0 Å². The fraction of sp³-hybridized carbons (Fsp3) is 0.267. The van der Waals surface area contributed by atoms with E-state index in [2.05, 4.69) is 41.5 Å². The third kappa shape index (κ3) is 4.99. The van der Waals surface area contributed by atoms with Crippen LogP contribution in [0.2, 0.25) is 0 Å². The largest absolute Gasteiger partial charge is 0.358 e. The Morgan fingerprint density at radius 2 is 1.54 bits per heavy atom. The van der Waals surface area contributed by atoms with Gasteiger partial charge in [-0.15, -0.1) is 0 Å². The number of amides is 2. The molecule has 5 heteroatoms. The van der Waals surface area contributed by atoms with E-state index in [1.54, 1.807) is 0 Å². The molecule has 0 radical (unpaired) electrons. The smallest absolute Gasteiger partial charge is 0.253 e. The predicted octanol–water partition coefficient (Wildman–Crippen LogP) is 5.35. The zero-order valence-corrected chi connectivity index (χ0v) is 20.1. The van der Waals surface area contributed by atoms with Crippen LogP contribution < -0.4 is 5.32 Å². The van der Waals surface area contributed by atoms with Crippen LogP contribution in [0.5, 0.6) is 0 Å². The quantitative estimate of drug-likeness (QED) is 0.403. The fourth-order valence-corrected chi connectivity index (χ4v) is 5.08. The van der Waals surface area contributed by atoms with Gasteiger partial charge in [-0.25, -0.2) is 0 Å². The van der Waals surface area contributed by atoms with E-state index in [4.69, 9.17) is 0 Å². The van der Waals surface area contributed by atoms with Crippen LogP contribution in [0.3, 0.4) is 0 Å². The number of likely N-dealkylation sites (tertiary alicyclic amines) is 1. The van der Waals surface area contributed by atoms with Crippen molar-refractivity contribution >= 4 is 22.7 Å². The van der Waals surface area contributed by atoms with E-state index in [1.165, 1.54) is 10.9 Å². The highest BCUT2D eigenvalue weighted by Gasteiger charge is 2.27. The summed E-state index contributed by atoms with van der Waals surface area (Å²) in [5.74, 6) is 0.101. The first-order valence-electron chi connectivity index (χ1n) is 12.4. The number of carbonyl (C=O) groups excluding carboxylic acids is 2. The number of hydrogen-bond acceptors (Lipinski definition) is 2. The van der Waals surface area contributed by atoms with Crippen LogP contribution in [0.25, 0.3) is 22.0 Å². The van der Waals surface area contributed by atoms with Crippen LogP contribution in [0.1, 0.15) is 34.5 Å². The van der Waals surface area contributed by atoms with Crippen molar-refractivity contribution < 1.29 is 9.59 Å². The van der Waals surface area contributed by atoms with E-state index >= 15 is 0 Å². The zero-order valence-electron chi connectivity index (χ0n) is 20.1. The van der Waals surface area contributed by atoms with Gasteiger partial charge in [-0.2, -0.15) is 0 Å². The maximum absolute atomic E-state index is 13.0. The third-order valence-electron chi connectivity index (χ3n) is 7.09. The van der Waals surface area contributed by atoms with Crippen LogP contribution in [0, 0.1) is 12.8 Å². The minimum atomic E-state index is -0.0384. The number of nitrogens with one attached hydrogen (secondary N) is 2. The molecule has 5 nitrogen and oxygen atoms in total. The summed E-state index contributed by atoms with van der Waals surface area (Å²) >= 11 is 0. The average Bonchev–Trinajstić information content (AvgIpc) is 3.23. The summed E-state index contributed by atoms with van der Waals surface area (Å²) in [6.45, 7) is 3.92. The molecule has 0 spiro atoms. The van der Waals surface area contributed by atoms with E-state index in [0.29, 0.717) is 38.0 Å². The van der Waals surface area contributed by atoms with Crippen molar-refractivity contribution in [2.45, 2.75) is 26.2 Å². The summed E-state index contributed by atoms with van der Waals surface area (Å²) in [5, 5.41) is 4.35. The van der Waals surface area contributed by atoms with E-state index in [1.807, 2.05) is 59.5 Å². The summed E-state index contributed by atoms with van der Waals surface area (Å²) in [5.41, 5.74) is 6.49. The first-order chi connectivity index (χ1) is 17.1. The number of hydrogen-bond donors (Lipinski definition) is 2. The molecule has 178 valence electrons. The molecule has 4 aromatic rings. The minimum absolute atomic E-state index is 0.0384. The molecule has 2 heterocycles. The van der Waals surface area contributed by atoms with Crippen molar-refractivity contribution in [1.29, 1.82) is 0 Å². The molecular weight excluding hydrogens is 434 g/mol. The van der Waals surface area contributed by atoms with E-state index in [-0.39, 0.29) is 17.7 Å². The van der Waals surface area contributed by atoms with Gasteiger partial charge in [-0.3, -0.25) is 9.59 Å². The summed E-state index contributed by atoms with van der Waals surface area (Å²) < 4.78 is 0. The molecule has 0 saturated carbocycles. The normalized spacial score (nSPS) is 14.3. The number of carbonyl (C=O) groups is 2. The van der Waals surface area contributed by atoms with E-state index in [9.17, 15) is 9.59 Å². The molecule has 35 heavy (non-hydrogen) atoms. The van der Waals surface area contributed by atoms with Gasteiger partial charge in [-0.05, 0) is 61.1 Å². The van der Waals surface area contributed by atoms with Crippen molar-refractivity contribution in [2.75, 3.05) is 19.6 Å². The van der Waals surface area contributed by atoms with Crippen LogP contribution in [-0.4, -0.2) is 41.3 Å². The number of fused-ring (bicyclic) bond motifs is 1. The number of piperidine rings is 1. The molecule has 0 bridgehead atoms. The molecule has 2 N–H and O–H groups in total. The number of aryl methyl sites for hydroxylation is 1. The topological polar surface area (TPSA) is 65.2 Å². The Morgan fingerprint density at radius 3 is 2.29 bits per heavy atom. The monoisotopic (exact) mass is 465 g/mol. The lowest BCUT2D eigenvalue weighted by Crippen LogP contribution is -2.43. The second-order valence-corrected chi connectivity index (χ2v) is 9.33. The zero-order chi connectivity index (χ0) is 24.2. The summed E-state index contributed by atoms with van der Waals surface area (Å²) in [6.07, 6.45) is 2.20. The maximum Gasteiger partial charge on any atom is 0.253 e. The second kappa shape index (κ2) is 10.2. The lowest BCUT2D eigenvalue weighted by atomic mass is 9.95. The second-order valence-electron chi connectivity index (χ2n) is 9.33. The Bertz CT molecular complexity index is 1320. The Hall–Kier alpha value is -3.86. The van der Waals surface area contributed by atoms with Crippen molar-refractivity contribution in [2.24, 2.45) is 5.92 Å². The van der Waals surface area contributed by atoms with E-state index in [0.717, 1.165) is 28.8 Å². The van der Waals surface area contributed by atoms with Crippen molar-refractivity contribution in [3.8, 4) is 11.1 Å². The number of aromatic nitrogens is 1. The highest BCUT2D eigenvalue weighted by Crippen LogP contribution is 2.24. The Kier molecular flexibility index (Phi) is 6.66. The molecule has 0 unspecified atom stereocenters. The Morgan fingerprint density at radius 1 is 0.886 bits per heavy atom. The first kappa shape index (κ1) is 22.9. The molecule has 1 aliphatic rings. The highest BCUT2D eigenvalue weighted by molar-refractivity contribution is 5.95. The SMILES string of the molecule is Cc1[nH]c2ccccc2c1CCNC(=O)C1CCN(C(=O)c2ccc(-c3ccccc3)cc2)CC1. The molecule has 0 atom stereocenters. The molecule has 2 amide bonds.